The van der Waals surface area contributed by atoms with Gasteiger partial charge in [0.2, 0.25) is 0 Å². The Morgan fingerprint density at radius 3 is 2.70 bits per heavy atom. The number of rotatable bonds is 6. The highest BCUT2D eigenvalue weighted by Gasteiger charge is 2.15. The van der Waals surface area contributed by atoms with Crippen LogP contribution in [0, 0.1) is 13.8 Å². The van der Waals surface area contributed by atoms with Gasteiger partial charge in [-0.05, 0) is 51.5 Å². The molecule has 0 saturated heterocycles. The van der Waals surface area contributed by atoms with Crippen molar-refractivity contribution >= 4 is 17.5 Å². The standard InChI is InChI=1S/C20H24ClN5O/c1-5-25-18(9-10-22-25)13(2)23-20(27)17-8-6-7-16(11-17)12-26-15(4)19(21)14(3)24-26/h6-11,13H,5,12H2,1-4H3,(H,23,27). The van der Waals surface area contributed by atoms with Crippen molar-refractivity contribution in [1.82, 2.24) is 24.9 Å². The van der Waals surface area contributed by atoms with Gasteiger partial charge in [0.1, 0.15) is 0 Å². The van der Waals surface area contributed by atoms with Crippen LogP contribution >= 0.6 is 11.6 Å². The zero-order chi connectivity index (χ0) is 19.6. The minimum atomic E-state index is -0.126. The molecule has 0 fully saturated rings. The summed E-state index contributed by atoms with van der Waals surface area (Å²) in [5.74, 6) is -0.111. The Balaban J connectivity index is 1.74. The topological polar surface area (TPSA) is 64.7 Å². The summed E-state index contributed by atoms with van der Waals surface area (Å²) < 4.78 is 3.74. The van der Waals surface area contributed by atoms with E-state index in [9.17, 15) is 4.79 Å². The summed E-state index contributed by atoms with van der Waals surface area (Å²) in [4.78, 5) is 12.7. The first kappa shape index (κ1) is 19.2. The number of carbonyl (C=O) groups is 1. The average Bonchev–Trinajstić information content (AvgIpc) is 3.23. The summed E-state index contributed by atoms with van der Waals surface area (Å²) in [5, 5.41) is 12.4. The molecule has 0 spiro atoms. The first-order valence-corrected chi connectivity index (χ1v) is 9.39. The van der Waals surface area contributed by atoms with Gasteiger partial charge in [-0.25, -0.2) is 0 Å². The Morgan fingerprint density at radius 2 is 2.04 bits per heavy atom. The molecule has 0 aliphatic heterocycles. The van der Waals surface area contributed by atoms with Gasteiger partial charge in [-0.15, -0.1) is 0 Å². The molecular formula is C20H24ClN5O. The SMILES string of the molecule is CCn1nccc1C(C)NC(=O)c1cccc(Cn2nc(C)c(Cl)c2C)c1. The van der Waals surface area contributed by atoms with E-state index in [0.717, 1.165) is 29.2 Å². The number of nitrogens with one attached hydrogen (secondary N) is 1. The molecular weight excluding hydrogens is 362 g/mol. The van der Waals surface area contributed by atoms with E-state index in [-0.39, 0.29) is 11.9 Å². The molecule has 6 nitrogen and oxygen atoms in total. The van der Waals surface area contributed by atoms with Crippen molar-refractivity contribution in [3.8, 4) is 0 Å². The minimum Gasteiger partial charge on any atom is -0.344 e. The number of nitrogens with zero attached hydrogens (tertiary/aromatic N) is 4. The van der Waals surface area contributed by atoms with Gasteiger partial charge >= 0.3 is 0 Å². The lowest BCUT2D eigenvalue weighted by Gasteiger charge is -2.16. The van der Waals surface area contributed by atoms with E-state index < -0.39 is 0 Å². The van der Waals surface area contributed by atoms with E-state index >= 15 is 0 Å². The smallest absolute Gasteiger partial charge is 0.251 e. The van der Waals surface area contributed by atoms with E-state index in [1.807, 2.05) is 67.4 Å². The van der Waals surface area contributed by atoms with Crippen molar-refractivity contribution in [2.75, 3.05) is 0 Å². The fraction of sp³-hybridized carbons (Fsp3) is 0.350. The molecule has 1 atom stereocenters. The minimum absolute atomic E-state index is 0.111. The van der Waals surface area contributed by atoms with Crippen LogP contribution in [0.2, 0.25) is 5.02 Å². The van der Waals surface area contributed by atoms with Gasteiger partial charge in [-0.2, -0.15) is 10.2 Å². The number of aromatic nitrogens is 4. The number of hydrogen-bond acceptors (Lipinski definition) is 3. The maximum Gasteiger partial charge on any atom is 0.251 e. The maximum absolute atomic E-state index is 12.7. The Bertz CT molecular complexity index is 959. The fourth-order valence-electron chi connectivity index (χ4n) is 3.14. The highest BCUT2D eigenvalue weighted by molar-refractivity contribution is 6.31. The van der Waals surface area contributed by atoms with Crippen LogP contribution in [0.3, 0.4) is 0 Å². The van der Waals surface area contributed by atoms with E-state index in [1.54, 1.807) is 6.20 Å². The normalized spacial score (nSPS) is 12.2. The Morgan fingerprint density at radius 1 is 1.26 bits per heavy atom. The van der Waals surface area contributed by atoms with Gasteiger partial charge in [0, 0.05) is 18.3 Å². The van der Waals surface area contributed by atoms with Gasteiger partial charge in [0.05, 0.1) is 34.7 Å². The third kappa shape index (κ3) is 4.06. The lowest BCUT2D eigenvalue weighted by Crippen LogP contribution is -2.28. The summed E-state index contributed by atoms with van der Waals surface area (Å²) in [6.45, 7) is 9.15. The third-order valence-electron chi connectivity index (χ3n) is 4.65. The number of halogens is 1. The van der Waals surface area contributed by atoms with Crippen LogP contribution in [0.15, 0.2) is 36.5 Å². The lowest BCUT2D eigenvalue weighted by molar-refractivity contribution is 0.0938. The third-order valence-corrected chi connectivity index (χ3v) is 5.20. The molecule has 1 amide bonds. The second kappa shape index (κ2) is 7.96. The molecule has 7 heteroatoms. The molecule has 0 aliphatic rings. The largest absolute Gasteiger partial charge is 0.344 e. The highest BCUT2D eigenvalue weighted by Crippen LogP contribution is 2.20. The van der Waals surface area contributed by atoms with E-state index in [0.29, 0.717) is 17.1 Å². The van der Waals surface area contributed by atoms with Gasteiger partial charge in [0.15, 0.2) is 0 Å². The molecule has 27 heavy (non-hydrogen) atoms. The number of aryl methyl sites for hydroxylation is 2. The van der Waals surface area contributed by atoms with Crippen LogP contribution in [0.25, 0.3) is 0 Å². The van der Waals surface area contributed by atoms with Gasteiger partial charge in [-0.1, -0.05) is 23.7 Å². The quantitative estimate of drug-likeness (QED) is 0.699. The van der Waals surface area contributed by atoms with E-state index in [4.69, 9.17) is 11.6 Å². The predicted octanol–water partition coefficient (Wildman–Crippen LogP) is 3.91. The molecule has 0 radical (unpaired) electrons. The monoisotopic (exact) mass is 385 g/mol. The van der Waals surface area contributed by atoms with Crippen LogP contribution in [0.5, 0.6) is 0 Å². The summed E-state index contributed by atoms with van der Waals surface area (Å²) in [7, 11) is 0. The van der Waals surface area contributed by atoms with Gasteiger partial charge < -0.3 is 5.32 Å². The second-order valence-electron chi connectivity index (χ2n) is 6.61. The Hall–Kier alpha value is -2.60. The second-order valence-corrected chi connectivity index (χ2v) is 6.99. The molecule has 1 N–H and O–H groups in total. The molecule has 1 unspecified atom stereocenters. The summed E-state index contributed by atoms with van der Waals surface area (Å²) in [5.41, 5.74) is 4.33. The molecule has 0 bridgehead atoms. The summed E-state index contributed by atoms with van der Waals surface area (Å²) >= 11 is 6.22. The first-order valence-electron chi connectivity index (χ1n) is 9.01. The van der Waals surface area contributed by atoms with Crippen LogP contribution in [-0.4, -0.2) is 25.5 Å². The molecule has 0 aliphatic carbocycles. The van der Waals surface area contributed by atoms with Crippen LogP contribution in [0.4, 0.5) is 0 Å². The van der Waals surface area contributed by atoms with Crippen molar-refractivity contribution in [2.45, 2.75) is 46.8 Å². The van der Waals surface area contributed by atoms with Crippen LogP contribution in [-0.2, 0) is 13.1 Å². The summed E-state index contributed by atoms with van der Waals surface area (Å²) in [6.07, 6.45) is 1.75. The molecule has 3 aromatic rings. The van der Waals surface area contributed by atoms with Crippen LogP contribution < -0.4 is 5.32 Å². The average molecular weight is 386 g/mol. The molecule has 2 aromatic heterocycles. The first-order chi connectivity index (χ1) is 12.9. The predicted molar refractivity (Wildman–Crippen MR) is 106 cm³/mol. The molecule has 3 rings (SSSR count). The van der Waals surface area contributed by atoms with Crippen molar-refractivity contribution in [3.63, 3.8) is 0 Å². The molecule has 0 saturated carbocycles. The fourth-order valence-corrected chi connectivity index (χ4v) is 3.28. The zero-order valence-electron chi connectivity index (χ0n) is 16.0. The van der Waals surface area contributed by atoms with Crippen molar-refractivity contribution in [2.24, 2.45) is 0 Å². The molecule has 2 heterocycles. The molecule has 142 valence electrons. The Kier molecular flexibility index (Phi) is 5.65. The number of benzene rings is 1. The van der Waals surface area contributed by atoms with Gasteiger partial charge in [-0.3, -0.25) is 14.2 Å². The maximum atomic E-state index is 12.7. The number of amides is 1. The number of hydrogen-bond donors (Lipinski definition) is 1. The van der Waals surface area contributed by atoms with Crippen molar-refractivity contribution < 1.29 is 4.79 Å². The summed E-state index contributed by atoms with van der Waals surface area (Å²) in [6, 6.07) is 9.38. The van der Waals surface area contributed by atoms with E-state index in [2.05, 4.69) is 15.5 Å². The van der Waals surface area contributed by atoms with Crippen molar-refractivity contribution in [3.05, 3.63) is 69.8 Å². The van der Waals surface area contributed by atoms with E-state index in [1.165, 1.54) is 0 Å². The van der Waals surface area contributed by atoms with Crippen LogP contribution in [0.1, 0.15) is 52.9 Å². The van der Waals surface area contributed by atoms with Gasteiger partial charge in [0.25, 0.3) is 5.91 Å². The number of carbonyl (C=O) groups excluding carboxylic acids is 1. The Labute approximate surface area is 164 Å². The van der Waals surface area contributed by atoms with Crippen molar-refractivity contribution in [1.29, 1.82) is 0 Å². The zero-order valence-corrected chi connectivity index (χ0v) is 16.8. The lowest BCUT2D eigenvalue weighted by atomic mass is 10.1. The molecule has 1 aromatic carbocycles. The highest BCUT2D eigenvalue weighted by atomic mass is 35.5.